The number of aromatic carboxylic acids is 1. The van der Waals surface area contributed by atoms with Gasteiger partial charge in [0.2, 0.25) is 5.76 Å². The number of rotatable bonds is 5. The SMILES string of the molecule is O=C(O)c1occc1CNCc1ccsc1. The van der Waals surface area contributed by atoms with Gasteiger partial charge in [0.25, 0.3) is 0 Å². The van der Waals surface area contributed by atoms with Crippen LogP contribution in [0.15, 0.2) is 33.6 Å². The molecule has 0 aromatic carbocycles. The van der Waals surface area contributed by atoms with Crippen LogP contribution in [-0.2, 0) is 13.1 Å². The Morgan fingerprint density at radius 2 is 2.31 bits per heavy atom. The van der Waals surface area contributed by atoms with E-state index in [4.69, 9.17) is 9.52 Å². The van der Waals surface area contributed by atoms with Crippen molar-refractivity contribution in [2.45, 2.75) is 13.1 Å². The molecular weight excluding hydrogens is 226 g/mol. The third kappa shape index (κ3) is 2.50. The van der Waals surface area contributed by atoms with Crippen LogP contribution in [0.25, 0.3) is 0 Å². The summed E-state index contributed by atoms with van der Waals surface area (Å²) in [7, 11) is 0. The molecule has 2 aromatic rings. The number of thiophene rings is 1. The zero-order chi connectivity index (χ0) is 11.4. The Morgan fingerprint density at radius 3 is 3.00 bits per heavy atom. The summed E-state index contributed by atoms with van der Waals surface area (Å²) in [6, 6.07) is 3.70. The number of carbonyl (C=O) groups is 1. The normalized spacial score (nSPS) is 10.5. The van der Waals surface area contributed by atoms with E-state index >= 15 is 0 Å². The Bertz CT molecular complexity index is 461. The molecule has 0 aliphatic rings. The van der Waals surface area contributed by atoms with Gasteiger partial charge in [-0.15, -0.1) is 0 Å². The highest BCUT2D eigenvalue weighted by molar-refractivity contribution is 7.07. The van der Waals surface area contributed by atoms with Gasteiger partial charge in [-0.05, 0) is 28.5 Å². The summed E-state index contributed by atoms with van der Waals surface area (Å²) < 4.78 is 4.88. The van der Waals surface area contributed by atoms with E-state index in [0.717, 1.165) is 6.54 Å². The molecule has 2 rings (SSSR count). The van der Waals surface area contributed by atoms with E-state index in [1.54, 1.807) is 17.4 Å². The highest BCUT2D eigenvalue weighted by Gasteiger charge is 2.12. The Balaban J connectivity index is 1.90. The molecule has 0 aliphatic heterocycles. The van der Waals surface area contributed by atoms with E-state index < -0.39 is 5.97 Å². The molecular formula is C11H11NO3S. The molecule has 84 valence electrons. The van der Waals surface area contributed by atoms with Crippen LogP contribution in [0, 0.1) is 0 Å². The monoisotopic (exact) mass is 237 g/mol. The summed E-state index contributed by atoms with van der Waals surface area (Å²) in [6.07, 6.45) is 1.39. The summed E-state index contributed by atoms with van der Waals surface area (Å²) >= 11 is 1.64. The van der Waals surface area contributed by atoms with Crippen LogP contribution in [-0.4, -0.2) is 11.1 Å². The maximum absolute atomic E-state index is 10.8. The van der Waals surface area contributed by atoms with Crippen molar-refractivity contribution in [3.05, 3.63) is 46.0 Å². The quantitative estimate of drug-likeness (QED) is 0.837. The minimum Gasteiger partial charge on any atom is -0.475 e. The van der Waals surface area contributed by atoms with Crippen molar-refractivity contribution in [1.82, 2.24) is 5.32 Å². The molecule has 2 N–H and O–H groups in total. The van der Waals surface area contributed by atoms with Crippen LogP contribution < -0.4 is 5.32 Å². The minimum absolute atomic E-state index is 0.0119. The minimum atomic E-state index is -1.03. The molecule has 2 heterocycles. The van der Waals surface area contributed by atoms with Gasteiger partial charge in [-0.1, -0.05) is 0 Å². The summed E-state index contributed by atoms with van der Waals surface area (Å²) in [6.45, 7) is 1.22. The van der Waals surface area contributed by atoms with Crippen molar-refractivity contribution in [2.24, 2.45) is 0 Å². The van der Waals surface area contributed by atoms with Crippen LogP contribution in [0.5, 0.6) is 0 Å². The summed E-state index contributed by atoms with van der Waals surface area (Å²) in [5.74, 6) is -1.02. The molecule has 0 fully saturated rings. The summed E-state index contributed by atoms with van der Waals surface area (Å²) in [4.78, 5) is 10.8. The fourth-order valence-corrected chi connectivity index (χ4v) is 2.07. The van der Waals surface area contributed by atoms with Crippen molar-refractivity contribution >= 4 is 17.3 Å². The molecule has 0 saturated carbocycles. The third-order valence-corrected chi connectivity index (χ3v) is 2.90. The average Bonchev–Trinajstić information content (AvgIpc) is 2.87. The van der Waals surface area contributed by atoms with E-state index in [0.29, 0.717) is 12.1 Å². The largest absolute Gasteiger partial charge is 0.475 e. The lowest BCUT2D eigenvalue weighted by atomic mass is 10.2. The first-order chi connectivity index (χ1) is 7.77. The van der Waals surface area contributed by atoms with Gasteiger partial charge in [-0.25, -0.2) is 4.79 Å². The standard InChI is InChI=1S/C11H11NO3S/c13-11(14)10-9(1-3-15-10)6-12-5-8-2-4-16-7-8/h1-4,7,12H,5-6H2,(H,13,14). The molecule has 0 saturated heterocycles. The predicted molar refractivity (Wildman–Crippen MR) is 60.5 cm³/mol. The van der Waals surface area contributed by atoms with Crippen LogP contribution in [0.1, 0.15) is 21.7 Å². The van der Waals surface area contributed by atoms with Crippen molar-refractivity contribution in [1.29, 1.82) is 0 Å². The van der Waals surface area contributed by atoms with E-state index in [-0.39, 0.29) is 5.76 Å². The zero-order valence-electron chi connectivity index (χ0n) is 8.47. The second-order valence-corrected chi connectivity index (χ2v) is 4.10. The maximum atomic E-state index is 10.8. The number of nitrogens with one attached hydrogen (secondary N) is 1. The fourth-order valence-electron chi connectivity index (χ4n) is 1.40. The topological polar surface area (TPSA) is 62.5 Å². The fraction of sp³-hybridized carbons (Fsp3) is 0.182. The first kappa shape index (κ1) is 10.9. The smallest absolute Gasteiger partial charge is 0.372 e. The Morgan fingerprint density at radius 1 is 1.44 bits per heavy atom. The van der Waals surface area contributed by atoms with Gasteiger partial charge >= 0.3 is 5.97 Å². The first-order valence-electron chi connectivity index (χ1n) is 4.79. The van der Waals surface area contributed by atoms with Gasteiger partial charge in [-0.2, -0.15) is 11.3 Å². The van der Waals surface area contributed by atoms with Crippen molar-refractivity contribution < 1.29 is 14.3 Å². The molecule has 4 nitrogen and oxygen atoms in total. The summed E-state index contributed by atoms with van der Waals surface area (Å²) in [5.41, 5.74) is 1.87. The molecule has 0 unspecified atom stereocenters. The number of hydrogen-bond donors (Lipinski definition) is 2. The predicted octanol–water partition coefficient (Wildman–Crippen LogP) is 2.33. The lowest BCUT2D eigenvalue weighted by Gasteiger charge is -2.01. The van der Waals surface area contributed by atoms with Crippen LogP contribution >= 0.6 is 11.3 Å². The van der Waals surface area contributed by atoms with Gasteiger partial charge in [0.1, 0.15) is 0 Å². The molecule has 16 heavy (non-hydrogen) atoms. The number of furan rings is 1. The highest BCUT2D eigenvalue weighted by Crippen LogP contribution is 2.11. The van der Waals surface area contributed by atoms with E-state index in [2.05, 4.69) is 10.7 Å². The summed E-state index contributed by atoms with van der Waals surface area (Å²) in [5, 5.41) is 16.1. The maximum Gasteiger partial charge on any atom is 0.372 e. The van der Waals surface area contributed by atoms with Gasteiger partial charge in [0, 0.05) is 18.7 Å². The molecule has 0 amide bonds. The second kappa shape index (κ2) is 4.96. The van der Waals surface area contributed by atoms with Crippen LogP contribution in [0.4, 0.5) is 0 Å². The van der Waals surface area contributed by atoms with Crippen LogP contribution in [0.3, 0.4) is 0 Å². The Hall–Kier alpha value is -1.59. The van der Waals surface area contributed by atoms with Crippen molar-refractivity contribution in [2.75, 3.05) is 0 Å². The molecule has 2 aromatic heterocycles. The van der Waals surface area contributed by atoms with E-state index in [9.17, 15) is 4.79 Å². The molecule has 0 radical (unpaired) electrons. The van der Waals surface area contributed by atoms with E-state index in [1.807, 2.05) is 11.4 Å². The molecule has 0 atom stereocenters. The van der Waals surface area contributed by atoms with Gasteiger partial charge < -0.3 is 14.8 Å². The van der Waals surface area contributed by atoms with Crippen molar-refractivity contribution in [3.8, 4) is 0 Å². The van der Waals surface area contributed by atoms with Gasteiger partial charge in [0.05, 0.1) is 6.26 Å². The second-order valence-electron chi connectivity index (χ2n) is 3.32. The first-order valence-corrected chi connectivity index (χ1v) is 5.73. The zero-order valence-corrected chi connectivity index (χ0v) is 9.29. The lowest BCUT2D eigenvalue weighted by Crippen LogP contribution is -2.13. The number of hydrogen-bond acceptors (Lipinski definition) is 4. The molecule has 0 bridgehead atoms. The third-order valence-electron chi connectivity index (χ3n) is 2.17. The number of carboxylic acids is 1. The van der Waals surface area contributed by atoms with E-state index in [1.165, 1.54) is 11.8 Å². The molecule has 0 spiro atoms. The Labute approximate surface area is 96.5 Å². The molecule has 0 aliphatic carbocycles. The van der Waals surface area contributed by atoms with Gasteiger partial charge in [-0.3, -0.25) is 0 Å². The highest BCUT2D eigenvalue weighted by atomic mass is 32.1. The van der Waals surface area contributed by atoms with Crippen LogP contribution in [0.2, 0.25) is 0 Å². The van der Waals surface area contributed by atoms with Gasteiger partial charge in [0.15, 0.2) is 0 Å². The Kier molecular flexibility index (Phi) is 3.38. The lowest BCUT2D eigenvalue weighted by molar-refractivity contribution is 0.0660. The molecule has 5 heteroatoms. The number of carboxylic acid groups (broad SMARTS) is 1. The average molecular weight is 237 g/mol. The van der Waals surface area contributed by atoms with Crippen molar-refractivity contribution in [3.63, 3.8) is 0 Å².